The minimum Gasteiger partial charge on any atom is -0.463 e. The van der Waals surface area contributed by atoms with Gasteiger partial charge in [0.25, 0.3) is 5.56 Å². The van der Waals surface area contributed by atoms with E-state index in [4.69, 9.17) is 14.2 Å². The normalized spacial score (nSPS) is 22.0. The molecule has 1 aromatic heterocycles. The maximum absolute atomic E-state index is 12.1. The van der Waals surface area contributed by atoms with Crippen LogP contribution in [-0.4, -0.2) is 40.7 Å². The smallest absolute Gasteiger partial charge is 0.326 e. The molecule has 1 saturated heterocycles. The fourth-order valence-electron chi connectivity index (χ4n) is 3.30. The lowest BCUT2D eigenvalue weighted by molar-refractivity contribution is -0.154. The van der Waals surface area contributed by atoms with Crippen LogP contribution in [0.15, 0.2) is 21.7 Å². The van der Waals surface area contributed by atoms with Crippen molar-refractivity contribution in [2.24, 2.45) is 0 Å². The maximum atomic E-state index is 12.1. The van der Waals surface area contributed by atoms with E-state index in [1.807, 2.05) is 6.92 Å². The van der Waals surface area contributed by atoms with Gasteiger partial charge in [0.05, 0.1) is 17.0 Å². The van der Waals surface area contributed by atoms with Crippen LogP contribution in [0, 0.1) is 6.92 Å². The van der Waals surface area contributed by atoms with Crippen LogP contribution in [0.4, 0.5) is 0 Å². The largest absolute Gasteiger partial charge is 0.463 e. The van der Waals surface area contributed by atoms with Crippen molar-refractivity contribution in [1.29, 1.82) is 0 Å². The Bertz CT molecular complexity index is 1010. The van der Waals surface area contributed by atoms with Crippen LogP contribution < -0.4 is 11.2 Å². The highest BCUT2D eigenvalue weighted by atomic mass is 16.6. The topological polar surface area (TPSA) is 128 Å². The molecule has 1 aliphatic rings. The van der Waals surface area contributed by atoms with Crippen LogP contribution in [0.2, 0.25) is 0 Å². The molecule has 0 amide bonds. The summed E-state index contributed by atoms with van der Waals surface area (Å²) in [6.07, 6.45) is -1.50. The van der Waals surface area contributed by atoms with E-state index in [1.165, 1.54) is 13.8 Å². The first-order valence-corrected chi connectivity index (χ1v) is 8.47. The summed E-state index contributed by atoms with van der Waals surface area (Å²) in [6.45, 7) is 4.32. The fourth-order valence-corrected chi connectivity index (χ4v) is 3.30. The number of aromatic amines is 2. The van der Waals surface area contributed by atoms with Gasteiger partial charge in [-0.1, -0.05) is 6.07 Å². The van der Waals surface area contributed by atoms with Gasteiger partial charge in [-0.05, 0) is 18.6 Å². The standard InChI is InChI=1S/C18H20N2O7/c1-8-4-11(16-12(5-8)17(23)20-18(24)19-16)13-6-14(26-10(3)22)15(27-13)7-25-9(2)21/h4-5,13-15H,6-7H2,1-3H3,(H2,19,20,23,24)/t13-,14+,15-/m1/s1. The zero-order chi connectivity index (χ0) is 19.7. The summed E-state index contributed by atoms with van der Waals surface area (Å²) >= 11 is 0. The quantitative estimate of drug-likeness (QED) is 0.757. The second-order valence-corrected chi connectivity index (χ2v) is 6.53. The number of carbonyl (C=O) groups excluding carboxylic acids is 2. The molecule has 0 bridgehead atoms. The van der Waals surface area contributed by atoms with Crippen molar-refractivity contribution in [3.8, 4) is 0 Å². The highest BCUT2D eigenvalue weighted by Gasteiger charge is 2.39. The third-order valence-corrected chi connectivity index (χ3v) is 4.34. The lowest BCUT2D eigenvalue weighted by atomic mass is 9.99. The lowest BCUT2D eigenvalue weighted by Gasteiger charge is -2.18. The van der Waals surface area contributed by atoms with E-state index in [2.05, 4.69) is 9.97 Å². The molecule has 9 heteroatoms. The number of esters is 2. The van der Waals surface area contributed by atoms with E-state index in [1.54, 1.807) is 12.1 Å². The third-order valence-electron chi connectivity index (χ3n) is 4.34. The lowest BCUT2D eigenvalue weighted by Crippen LogP contribution is -2.31. The number of aryl methyl sites for hydroxylation is 1. The number of aromatic nitrogens is 2. The van der Waals surface area contributed by atoms with Crippen molar-refractivity contribution in [1.82, 2.24) is 9.97 Å². The van der Waals surface area contributed by atoms with E-state index < -0.39 is 41.5 Å². The summed E-state index contributed by atoms with van der Waals surface area (Å²) in [5, 5.41) is 0.334. The van der Waals surface area contributed by atoms with Crippen molar-refractivity contribution in [3.05, 3.63) is 44.1 Å². The van der Waals surface area contributed by atoms with E-state index in [-0.39, 0.29) is 6.61 Å². The highest BCUT2D eigenvalue weighted by molar-refractivity contribution is 5.82. The van der Waals surface area contributed by atoms with Gasteiger partial charge in [0, 0.05) is 25.8 Å². The third kappa shape index (κ3) is 4.08. The zero-order valence-corrected chi connectivity index (χ0v) is 15.2. The molecule has 27 heavy (non-hydrogen) atoms. The Morgan fingerprint density at radius 2 is 1.93 bits per heavy atom. The Hall–Kier alpha value is -2.94. The average molecular weight is 376 g/mol. The molecule has 0 saturated carbocycles. The molecular weight excluding hydrogens is 356 g/mol. The summed E-state index contributed by atoms with van der Waals surface area (Å²) in [6, 6.07) is 3.48. The Labute approximate surface area is 153 Å². The van der Waals surface area contributed by atoms with E-state index in [9.17, 15) is 19.2 Å². The Kier molecular flexibility index (Phi) is 5.13. The van der Waals surface area contributed by atoms with Crippen LogP contribution in [0.1, 0.15) is 37.5 Å². The SMILES string of the molecule is CC(=O)OC[C@H]1O[C@@H](c2cc(C)cc3c(=O)[nH]c(=O)[nH]c23)C[C@@H]1OC(C)=O. The van der Waals surface area contributed by atoms with Gasteiger partial charge < -0.3 is 19.2 Å². The molecule has 0 unspecified atom stereocenters. The van der Waals surface area contributed by atoms with Gasteiger partial charge in [0.2, 0.25) is 0 Å². The number of hydrogen-bond donors (Lipinski definition) is 2. The number of carbonyl (C=O) groups is 2. The zero-order valence-electron chi connectivity index (χ0n) is 15.2. The van der Waals surface area contributed by atoms with Crippen molar-refractivity contribution in [2.75, 3.05) is 6.61 Å². The number of rotatable bonds is 4. The first-order chi connectivity index (χ1) is 12.7. The van der Waals surface area contributed by atoms with Crippen molar-refractivity contribution < 1.29 is 23.8 Å². The maximum Gasteiger partial charge on any atom is 0.326 e. The van der Waals surface area contributed by atoms with Crippen LogP contribution in [-0.2, 0) is 23.8 Å². The van der Waals surface area contributed by atoms with E-state index >= 15 is 0 Å². The molecule has 9 nitrogen and oxygen atoms in total. The first kappa shape index (κ1) is 18.8. The minimum atomic E-state index is -0.646. The van der Waals surface area contributed by atoms with Crippen LogP contribution in [0.3, 0.4) is 0 Å². The van der Waals surface area contributed by atoms with Crippen LogP contribution in [0.25, 0.3) is 10.9 Å². The Morgan fingerprint density at radius 3 is 2.59 bits per heavy atom. The molecule has 144 valence electrons. The number of benzene rings is 1. The van der Waals surface area contributed by atoms with Crippen molar-refractivity contribution in [3.63, 3.8) is 0 Å². The molecule has 1 fully saturated rings. The van der Waals surface area contributed by atoms with Gasteiger partial charge in [0.15, 0.2) is 0 Å². The van der Waals surface area contributed by atoms with Gasteiger partial charge in [-0.15, -0.1) is 0 Å². The second kappa shape index (κ2) is 7.36. The molecule has 2 N–H and O–H groups in total. The first-order valence-electron chi connectivity index (χ1n) is 8.47. The summed E-state index contributed by atoms with van der Waals surface area (Å²) in [7, 11) is 0. The summed E-state index contributed by atoms with van der Waals surface area (Å²) < 4.78 is 16.3. The number of nitrogens with one attached hydrogen (secondary N) is 2. The number of hydrogen-bond acceptors (Lipinski definition) is 7. The molecule has 0 spiro atoms. The van der Waals surface area contributed by atoms with E-state index in [0.717, 1.165) is 5.56 Å². The average Bonchev–Trinajstić information content (AvgIpc) is 2.95. The number of H-pyrrole nitrogens is 2. The molecule has 2 heterocycles. The molecule has 2 aromatic rings. The van der Waals surface area contributed by atoms with Gasteiger partial charge >= 0.3 is 17.6 Å². The molecule has 0 radical (unpaired) electrons. The summed E-state index contributed by atoms with van der Waals surface area (Å²) in [5.74, 6) is -0.948. The van der Waals surface area contributed by atoms with Crippen LogP contribution in [0.5, 0.6) is 0 Å². The van der Waals surface area contributed by atoms with Gasteiger partial charge in [0.1, 0.15) is 18.8 Å². The molecule has 1 aliphatic heterocycles. The summed E-state index contributed by atoms with van der Waals surface area (Å²) in [4.78, 5) is 51.2. The predicted molar refractivity (Wildman–Crippen MR) is 94.3 cm³/mol. The number of fused-ring (bicyclic) bond motifs is 1. The van der Waals surface area contributed by atoms with Gasteiger partial charge in [-0.2, -0.15) is 0 Å². The molecule has 1 aromatic carbocycles. The Balaban J connectivity index is 2.00. The molecule has 3 rings (SSSR count). The second-order valence-electron chi connectivity index (χ2n) is 6.53. The highest BCUT2D eigenvalue weighted by Crippen LogP contribution is 2.37. The van der Waals surface area contributed by atoms with Crippen molar-refractivity contribution in [2.45, 2.75) is 45.5 Å². The minimum absolute atomic E-state index is 0.0648. The molecule has 3 atom stereocenters. The Morgan fingerprint density at radius 1 is 1.19 bits per heavy atom. The molecule has 0 aliphatic carbocycles. The fraction of sp³-hybridized carbons (Fsp3) is 0.444. The monoisotopic (exact) mass is 376 g/mol. The van der Waals surface area contributed by atoms with Gasteiger partial charge in [-0.25, -0.2) is 4.79 Å². The summed E-state index contributed by atoms with van der Waals surface area (Å²) in [5.41, 5.74) is 0.671. The van der Waals surface area contributed by atoms with Gasteiger partial charge in [-0.3, -0.25) is 19.4 Å². The van der Waals surface area contributed by atoms with E-state index in [0.29, 0.717) is 22.9 Å². The predicted octanol–water partition coefficient (Wildman–Crippen LogP) is 0.850. The molecular formula is C18H20N2O7. The van der Waals surface area contributed by atoms with Crippen LogP contribution >= 0.6 is 0 Å². The number of ether oxygens (including phenoxy) is 3. The van der Waals surface area contributed by atoms with Crippen molar-refractivity contribution >= 4 is 22.8 Å².